The minimum absolute atomic E-state index is 0.0561. The van der Waals surface area contributed by atoms with Gasteiger partial charge in [-0.05, 0) is 42.9 Å². The van der Waals surface area contributed by atoms with Crippen molar-refractivity contribution >= 4 is 23.5 Å². The Hall–Kier alpha value is -0.190. The lowest BCUT2D eigenvalue weighted by atomic mass is 10.0. The Balaban J connectivity index is 1.72. The quantitative estimate of drug-likeness (QED) is 0.871. The number of halogens is 1. The van der Waals surface area contributed by atoms with Crippen LogP contribution in [0.4, 0.5) is 4.39 Å². The minimum atomic E-state index is -0.0561. The largest absolute Gasteiger partial charge is 0.308 e. The minimum Gasteiger partial charge on any atom is -0.308 e. The van der Waals surface area contributed by atoms with Crippen molar-refractivity contribution in [3.05, 3.63) is 29.6 Å². The van der Waals surface area contributed by atoms with Crippen LogP contribution in [0.3, 0.4) is 0 Å². The molecular formula is C16H22FNS2. The molecule has 110 valence electrons. The highest BCUT2D eigenvalue weighted by Crippen LogP contribution is 2.42. The zero-order valence-corrected chi connectivity index (χ0v) is 13.6. The molecule has 0 saturated heterocycles. The van der Waals surface area contributed by atoms with Crippen molar-refractivity contribution in [3.8, 4) is 0 Å². The molecule has 1 aromatic carbocycles. The normalized spacial score (nSPS) is 24.6. The molecule has 1 heterocycles. The van der Waals surface area contributed by atoms with Gasteiger partial charge in [-0.2, -0.15) is 11.8 Å². The van der Waals surface area contributed by atoms with E-state index in [1.54, 1.807) is 17.8 Å². The third-order valence-electron chi connectivity index (χ3n) is 4.64. The maximum absolute atomic E-state index is 13.9. The van der Waals surface area contributed by atoms with Crippen LogP contribution in [0.15, 0.2) is 23.1 Å². The van der Waals surface area contributed by atoms with Crippen molar-refractivity contribution < 1.29 is 4.39 Å². The number of nitrogens with one attached hydrogen (secondary N) is 1. The standard InChI is InChI=1S/C16H22FNS2/c1-19-16(8-2-3-9-16)11-18-14-7-10-20-15-12(14)5-4-6-13(15)17/h4-6,14,18H,2-3,7-11H2,1H3. The molecule has 1 aliphatic heterocycles. The van der Waals surface area contributed by atoms with E-state index >= 15 is 0 Å². The first-order valence-electron chi connectivity index (χ1n) is 7.44. The molecule has 4 heteroatoms. The highest BCUT2D eigenvalue weighted by molar-refractivity contribution is 8.00. The maximum Gasteiger partial charge on any atom is 0.137 e. The molecule has 3 rings (SSSR count). The van der Waals surface area contributed by atoms with Gasteiger partial charge >= 0.3 is 0 Å². The smallest absolute Gasteiger partial charge is 0.137 e. The summed E-state index contributed by atoms with van der Waals surface area (Å²) >= 11 is 3.67. The molecule has 0 aromatic heterocycles. The van der Waals surface area contributed by atoms with Crippen molar-refractivity contribution in [1.29, 1.82) is 0 Å². The van der Waals surface area contributed by atoms with Gasteiger partial charge in [0.25, 0.3) is 0 Å². The molecular weight excluding hydrogens is 289 g/mol. The molecule has 0 radical (unpaired) electrons. The van der Waals surface area contributed by atoms with Gasteiger partial charge in [0.05, 0.1) is 0 Å². The van der Waals surface area contributed by atoms with Gasteiger partial charge in [0, 0.05) is 22.2 Å². The lowest BCUT2D eigenvalue weighted by Crippen LogP contribution is -2.38. The summed E-state index contributed by atoms with van der Waals surface area (Å²) in [6, 6.07) is 5.83. The Kier molecular flexibility index (Phi) is 4.63. The maximum atomic E-state index is 13.9. The first-order valence-corrected chi connectivity index (χ1v) is 9.65. The van der Waals surface area contributed by atoms with E-state index in [4.69, 9.17) is 0 Å². The van der Waals surface area contributed by atoms with E-state index in [2.05, 4.69) is 17.6 Å². The monoisotopic (exact) mass is 311 g/mol. The van der Waals surface area contributed by atoms with Crippen LogP contribution in [0.2, 0.25) is 0 Å². The number of hydrogen-bond donors (Lipinski definition) is 1. The van der Waals surface area contributed by atoms with E-state index in [0.29, 0.717) is 10.8 Å². The third-order valence-corrected chi connectivity index (χ3v) is 7.22. The highest BCUT2D eigenvalue weighted by atomic mass is 32.2. The second-order valence-corrected chi connectivity index (χ2v) is 8.20. The zero-order chi connectivity index (χ0) is 14.0. The van der Waals surface area contributed by atoms with E-state index in [-0.39, 0.29) is 5.82 Å². The molecule has 1 aliphatic carbocycles. The molecule has 1 fully saturated rings. The van der Waals surface area contributed by atoms with Crippen LogP contribution < -0.4 is 5.32 Å². The van der Waals surface area contributed by atoms with Crippen LogP contribution in [0.25, 0.3) is 0 Å². The fraction of sp³-hybridized carbons (Fsp3) is 0.625. The van der Waals surface area contributed by atoms with Crippen LogP contribution >= 0.6 is 23.5 Å². The Morgan fingerprint density at radius 2 is 2.20 bits per heavy atom. The molecule has 1 saturated carbocycles. The second kappa shape index (κ2) is 6.29. The molecule has 2 aliphatic rings. The summed E-state index contributed by atoms with van der Waals surface area (Å²) in [5, 5.41) is 3.74. The predicted molar refractivity (Wildman–Crippen MR) is 87.2 cm³/mol. The van der Waals surface area contributed by atoms with Gasteiger partial charge in [0.2, 0.25) is 0 Å². The Morgan fingerprint density at radius 3 is 2.95 bits per heavy atom. The first kappa shape index (κ1) is 14.7. The fourth-order valence-electron chi connectivity index (χ4n) is 3.38. The van der Waals surface area contributed by atoms with Gasteiger partial charge in [-0.15, -0.1) is 11.8 Å². The molecule has 0 spiro atoms. The van der Waals surface area contributed by atoms with Crippen LogP contribution in [0.5, 0.6) is 0 Å². The number of hydrogen-bond acceptors (Lipinski definition) is 3. The average molecular weight is 311 g/mol. The van der Waals surface area contributed by atoms with E-state index in [1.165, 1.54) is 25.7 Å². The van der Waals surface area contributed by atoms with Gasteiger partial charge in [-0.1, -0.05) is 25.0 Å². The van der Waals surface area contributed by atoms with Crippen molar-refractivity contribution in [2.45, 2.75) is 47.8 Å². The van der Waals surface area contributed by atoms with E-state index in [0.717, 1.165) is 29.2 Å². The van der Waals surface area contributed by atoms with Crippen LogP contribution in [0.1, 0.15) is 43.7 Å². The van der Waals surface area contributed by atoms with Crippen LogP contribution in [-0.4, -0.2) is 23.3 Å². The molecule has 1 aromatic rings. The van der Waals surface area contributed by atoms with Crippen molar-refractivity contribution in [2.24, 2.45) is 0 Å². The van der Waals surface area contributed by atoms with Gasteiger partial charge in [0.15, 0.2) is 0 Å². The van der Waals surface area contributed by atoms with Gasteiger partial charge in [-0.25, -0.2) is 4.39 Å². The summed E-state index contributed by atoms with van der Waals surface area (Å²) in [5.41, 5.74) is 1.16. The summed E-state index contributed by atoms with van der Waals surface area (Å²) in [7, 11) is 0. The van der Waals surface area contributed by atoms with Crippen LogP contribution in [0, 0.1) is 5.82 Å². The molecule has 1 atom stereocenters. The number of fused-ring (bicyclic) bond motifs is 1. The lowest BCUT2D eigenvalue weighted by Gasteiger charge is -2.32. The van der Waals surface area contributed by atoms with Crippen LogP contribution in [-0.2, 0) is 0 Å². The SMILES string of the molecule is CSC1(CNC2CCSc3c(F)cccc32)CCCC1. The summed E-state index contributed by atoms with van der Waals surface area (Å²) in [6.07, 6.45) is 8.68. The molecule has 0 amide bonds. The third kappa shape index (κ3) is 2.88. The van der Waals surface area contributed by atoms with E-state index in [9.17, 15) is 4.39 Å². The number of rotatable bonds is 4. The summed E-state index contributed by atoms with van der Waals surface area (Å²) in [4.78, 5) is 0.862. The second-order valence-electron chi connectivity index (χ2n) is 5.82. The number of benzene rings is 1. The van der Waals surface area contributed by atoms with Crippen molar-refractivity contribution in [2.75, 3.05) is 18.6 Å². The van der Waals surface area contributed by atoms with Gasteiger partial charge in [-0.3, -0.25) is 0 Å². The first-order chi connectivity index (χ1) is 9.74. The zero-order valence-electron chi connectivity index (χ0n) is 12.0. The predicted octanol–water partition coefficient (Wildman–Crippen LogP) is 4.63. The summed E-state index contributed by atoms with van der Waals surface area (Å²) < 4.78 is 14.3. The lowest BCUT2D eigenvalue weighted by molar-refractivity contribution is 0.448. The molecule has 20 heavy (non-hydrogen) atoms. The average Bonchev–Trinajstić information content (AvgIpc) is 2.95. The Morgan fingerprint density at radius 1 is 1.40 bits per heavy atom. The Labute approximate surface area is 129 Å². The van der Waals surface area contributed by atoms with Crippen molar-refractivity contribution in [3.63, 3.8) is 0 Å². The number of thioether (sulfide) groups is 2. The molecule has 1 N–H and O–H groups in total. The topological polar surface area (TPSA) is 12.0 Å². The summed E-state index contributed by atoms with van der Waals surface area (Å²) in [6.45, 7) is 1.06. The summed E-state index contributed by atoms with van der Waals surface area (Å²) in [5.74, 6) is 0.956. The van der Waals surface area contributed by atoms with E-state index in [1.807, 2.05) is 17.8 Å². The fourth-order valence-corrected chi connectivity index (χ4v) is 5.45. The molecule has 1 unspecified atom stereocenters. The molecule has 1 nitrogen and oxygen atoms in total. The Bertz CT molecular complexity index is 472. The van der Waals surface area contributed by atoms with E-state index < -0.39 is 0 Å². The van der Waals surface area contributed by atoms with Gasteiger partial charge in [0.1, 0.15) is 5.82 Å². The van der Waals surface area contributed by atoms with Crippen molar-refractivity contribution in [1.82, 2.24) is 5.32 Å². The van der Waals surface area contributed by atoms with Gasteiger partial charge < -0.3 is 5.32 Å². The highest BCUT2D eigenvalue weighted by Gasteiger charge is 2.34. The molecule has 0 bridgehead atoms.